The first kappa shape index (κ1) is 22.8. The molecule has 4 aromatic rings. The number of thiazole rings is 1. The number of piperazine rings is 1. The first-order valence-electron chi connectivity index (χ1n) is 11.8. The Labute approximate surface area is 210 Å². The Hall–Kier alpha value is -3.63. The van der Waals surface area contributed by atoms with E-state index in [9.17, 15) is 14.0 Å². The molecule has 0 atom stereocenters. The highest BCUT2D eigenvalue weighted by Crippen LogP contribution is 2.27. The number of rotatable bonds is 4. The lowest BCUT2D eigenvalue weighted by molar-refractivity contribution is 0.00842. The van der Waals surface area contributed by atoms with Crippen molar-refractivity contribution in [3.8, 4) is 5.69 Å². The highest BCUT2D eigenvalue weighted by molar-refractivity contribution is 7.07. The fraction of sp³-hybridized carbons (Fsp3) is 0.269. The number of carbonyl (C=O) groups is 2. The second kappa shape index (κ2) is 9.11. The Balaban J connectivity index is 1.09. The summed E-state index contributed by atoms with van der Waals surface area (Å²) in [4.78, 5) is 35.5. The van der Waals surface area contributed by atoms with Crippen LogP contribution in [-0.4, -0.2) is 81.4 Å². The number of amides is 2. The maximum atomic E-state index is 15.1. The van der Waals surface area contributed by atoms with Crippen LogP contribution in [0.2, 0.25) is 0 Å². The quantitative estimate of drug-likeness (QED) is 0.423. The molecule has 6 rings (SSSR count). The number of benzene rings is 2. The number of hydrogen-bond acceptors (Lipinski definition) is 5. The average molecular weight is 508 g/mol. The van der Waals surface area contributed by atoms with E-state index in [2.05, 4.69) is 9.88 Å². The zero-order valence-electron chi connectivity index (χ0n) is 19.3. The summed E-state index contributed by atoms with van der Waals surface area (Å²) in [6, 6.07) is 10.8. The molecule has 184 valence electrons. The Morgan fingerprint density at radius 1 is 0.917 bits per heavy atom. The summed E-state index contributed by atoms with van der Waals surface area (Å²) < 4.78 is 30.0. The van der Waals surface area contributed by atoms with Crippen molar-refractivity contribution in [1.29, 1.82) is 0 Å². The van der Waals surface area contributed by atoms with Crippen molar-refractivity contribution in [2.24, 2.45) is 0 Å². The van der Waals surface area contributed by atoms with Crippen molar-refractivity contribution in [1.82, 2.24) is 24.3 Å². The van der Waals surface area contributed by atoms with Gasteiger partial charge >= 0.3 is 0 Å². The number of hydrogen-bond donors (Lipinski definition) is 0. The third kappa shape index (κ3) is 4.06. The highest BCUT2D eigenvalue weighted by Gasteiger charge is 2.37. The SMILES string of the molecule is O=C(c1cc(F)c2c(ccn2-c2ccc(F)cc2)c1)N1CC(N2CCN(C(=O)c3cscn3)CC2)C1. The molecule has 0 saturated carbocycles. The lowest BCUT2D eigenvalue weighted by Crippen LogP contribution is -2.64. The van der Waals surface area contributed by atoms with E-state index in [1.165, 1.54) is 29.5 Å². The molecule has 0 radical (unpaired) electrons. The normalized spacial score (nSPS) is 16.9. The largest absolute Gasteiger partial charge is 0.335 e. The molecule has 2 aromatic heterocycles. The number of fused-ring (bicyclic) bond motifs is 1. The van der Waals surface area contributed by atoms with Crippen molar-refractivity contribution >= 4 is 34.1 Å². The van der Waals surface area contributed by atoms with Gasteiger partial charge in [0, 0.05) is 73.5 Å². The Morgan fingerprint density at radius 2 is 1.67 bits per heavy atom. The third-order valence-corrected chi connectivity index (χ3v) is 7.59. The van der Waals surface area contributed by atoms with E-state index in [1.54, 1.807) is 50.8 Å². The second-order valence-corrected chi connectivity index (χ2v) is 9.84. The van der Waals surface area contributed by atoms with E-state index in [0.29, 0.717) is 54.0 Å². The molecule has 2 aromatic carbocycles. The van der Waals surface area contributed by atoms with Gasteiger partial charge < -0.3 is 14.4 Å². The van der Waals surface area contributed by atoms with Crippen LogP contribution in [-0.2, 0) is 0 Å². The van der Waals surface area contributed by atoms with Gasteiger partial charge in [-0.25, -0.2) is 13.8 Å². The predicted octanol–water partition coefficient (Wildman–Crippen LogP) is 3.65. The minimum absolute atomic E-state index is 0.0352. The van der Waals surface area contributed by atoms with Crippen LogP contribution in [0.3, 0.4) is 0 Å². The van der Waals surface area contributed by atoms with Crippen LogP contribution in [0.4, 0.5) is 8.78 Å². The first-order chi connectivity index (χ1) is 17.5. The number of aromatic nitrogens is 2. The monoisotopic (exact) mass is 507 g/mol. The van der Waals surface area contributed by atoms with Gasteiger partial charge in [-0.2, -0.15) is 0 Å². The minimum Gasteiger partial charge on any atom is -0.335 e. The summed E-state index contributed by atoms with van der Waals surface area (Å²) >= 11 is 1.41. The van der Waals surface area contributed by atoms with Gasteiger partial charge in [0.1, 0.15) is 17.3 Å². The van der Waals surface area contributed by atoms with Crippen molar-refractivity contribution in [2.75, 3.05) is 39.3 Å². The smallest absolute Gasteiger partial charge is 0.273 e. The molecule has 4 heterocycles. The lowest BCUT2D eigenvalue weighted by atomic mass is 10.0. The molecule has 2 fully saturated rings. The fourth-order valence-electron chi connectivity index (χ4n) is 4.98. The zero-order chi connectivity index (χ0) is 24.8. The van der Waals surface area contributed by atoms with E-state index in [-0.39, 0.29) is 23.7 Å². The molecule has 0 N–H and O–H groups in total. The van der Waals surface area contributed by atoms with Crippen molar-refractivity contribution in [3.63, 3.8) is 0 Å². The molecular formula is C26H23F2N5O2S. The molecule has 0 spiro atoms. The molecule has 10 heteroatoms. The molecule has 36 heavy (non-hydrogen) atoms. The van der Waals surface area contributed by atoms with Gasteiger partial charge in [0.05, 0.1) is 11.0 Å². The summed E-state index contributed by atoms with van der Waals surface area (Å²) in [5.41, 5.74) is 3.46. The van der Waals surface area contributed by atoms with E-state index in [4.69, 9.17) is 0 Å². The van der Waals surface area contributed by atoms with Crippen LogP contribution in [0.1, 0.15) is 20.8 Å². The van der Waals surface area contributed by atoms with Gasteiger partial charge in [0.15, 0.2) is 0 Å². The molecule has 7 nitrogen and oxygen atoms in total. The van der Waals surface area contributed by atoms with Gasteiger partial charge in [-0.05, 0) is 42.5 Å². The lowest BCUT2D eigenvalue weighted by Gasteiger charge is -2.48. The average Bonchev–Trinajstić information content (AvgIpc) is 3.54. The standard InChI is InChI=1S/C26H23F2N5O2S/c27-19-1-3-20(4-2-19)33-6-5-17-11-18(12-22(28)24(17)33)25(34)32-13-21(14-32)30-7-9-31(10-8-30)26(35)23-15-36-16-29-23/h1-6,11-12,15-16,21H,7-10,13-14H2. The maximum absolute atomic E-state index is 15.1. The van der Waals surface area contributed by atoms with E-state index < -0.39 is 5.82 Å². The Kier molecular flexibility index (Phi) is 5.77. The van der Waals surface area contributed by atoms with E-state index >= 15 is 4.39 Å². The second-order valence-electron chi connectivity index (χ2n) is 9.12. The van der Waals surface area contributed by atoms with Crippen LogP contribution in [0.5, 0.6) is 0 Å². The number of carbonyl (C=O) groups excluding carboxylic acids is 2. The minimum atomic E-state index is -0.497. The summed E-state index contributed by atoms with van der Waals surface area (Å²) in [6.07, 6.45) is 1.72. The van der Waals surface area contributed by atoms with Crippen molar-refractivity contribution in [3.05, 3.63) is 82.4 Å². The van der Waals surface area contributed by atoms with E-state index in [0.717, 1.165) is 13.1 Å². The van der Waals surface area contributed by atoms with Gasteiger partial charge in [-0.3, -0.25) is 14.5 Å². The highest BCUT2D eigenvalue weighted by atomic mass is 32.1. The van der Waals surface area contributed by atoms with Crippen LogP contribution >= 0.6 is 11.3 Å². The van der Waals surface area contributed by atoms with Gasteiger partial charge in [0.2, 0.25) is 0 Å². The summed E-state index contributed by atoms with van der Waals surface area (Å²) in [5.74, 6) is -1.09. The summed E-state index contributed by atoms with van der Waals surface area (Å²) in [5, 5.41) is 2.38. The number of halogens is 2. The maximum Gasteiger partial charge on any atom is 0.273 e. The molecule has 0 aliphatic carbocycles. The molecule has 2 aliphatic heterocycles. The van der Waals surface area contributed by atoms with Crippen molar-refractivity contribution in [2.45, 2.75) is 6.04 Å². The molecule has 2 saturated heterocycles. The van der Waals surface area contributed by atoms with Crippen LogP contribution < -0.4 is 0 Å². The Bertz CT molecular complexity index is 1420. The third-order valence-electron chi connectivity index (χ3n) is 7.01. The number of nitrogens with zero attached hydrogens (tertiary/aromatic N) is 5. The van der Waals surface area contributed by atoms with Gasteiger partial charge in [0.25, 0.3) is 11.8 Å². The van der Waals surface area contributed by atoms with Gasteiger partial charge in [-0.1, -0.05) is 0 Å². The summed E-state index contributed by atoms with van der Waals surface area (Å²) in [7, 11) is 0. The zero-order valence-corrected chi connectivity index (χ0v) is 20.1. The fourth-order valence-corrected chi connectivity index (χ4v) is 5.50. The van der Waals surface area contributed by atoms with Gasteiger partial charge in [-0.15, -0.1) is 11.3 Å². The Morgan fingerprint density at radius 3 is 2.36 bits per heavy atom. The van der Waals surface area contributed by atoms with Crippen molar-refractivity contribution < 1.29 is 18.4 Å². The first-order valence-corrected chi connectivity index (χ1v) is 12.7. The van der Waals surface area contributed by atoms with Crippen LogP contribution in [0.25, 0.3) is 16.6 Å². The predicted molar refractivity (Wildman–Crippen MR) is 132 cm³/mol. The molecule has 0 unspecified atom stereocenters. The van der Waals surface area contributed by atoms with E-state index in [1.807, 2.05) is 4.90 Å². The molecule has 0 bridgehead atoms. The summed E-state index contributed by atoms with van der Waals surface area (Å²) in [6.45, 7) is 3.92. The molecule has 2 aliphatic rings. The molecule has 2 amide bonds. The molecular weight excluding hydrogens is 484 g/mol. The topological polar surface area (TPSA) is 61.7 Å². The number of likely N-dealkylation sites (tertiary alicyclic amines) is 1. The van der Waals surface area contributed by atoms with Crippen LogP contribution in [0.15, 0.2) is 59.6 Å². The van der Waals surface area contributed by atoms with Crippen LogP contribution in [0, 0.1) is 11.6 Å².